The van der Waals surface area contributed by atoms with Crippen LogP contribution in [0.2, 0.25) is 0 Å². The predicted octanol–water partition coefficient (Wildman–Crippen LogP) is 3.62. The first kappa shape index (κ1) is 13.9. The topological polar surface area (TPSA) is 26.3 Å². The molecular weight excluding hydrogens is 244 g/mol. The Morgan fingerprint density at radius 3 is 2.56 bits per heavy atom. The zero-order chi connectivity index (χ0) is 13.6. The molecule has 3 heteroatoms. The largest absolute Gasteiger partial charge is 0.504 e. The van der Waals surface area contributed by atoms with Gasteiger partial charge in [-0.2, -0.15) is 0 Å². The lowest BCUT2D eigenvalue weighted by Gasteiger charge is -2.38. The Balaban J connectivity index is 2.20. The van der Waals surface area contributed by atoms with E-state index in [9.17, 15) is 4.21 Å². The van der Waals surface area contributed by atoms with Crippen molar-refractivity contribution in [3.05, 3.63) is 23.8 Å². The number of fused-ring (bicyclic) bond motifs is 2. The number of hydrogen-bond acceptors (Lipinski definition) is 2. The molecule has 0 aromatic rings. The van der Waals surface area contributed by atoms with E-state index in [2.05, 4.69) is 27.4 Å². The van der Waals surface area contributed by atoms with Crippen molar-refractivity contribution in [2.45, 2.75) is 45.3 Å². The smallest absolute Gasteiger partial charge is 0.0836 e. The first-order valence-corrected chi connectivity index (χ1v) is 7.84. The van der Waals surface area contributed by atoms with Crippen LogP contribution < -0.4 is 0 Å². The van der Waals surface area contributed by atoms with Crippen LogP contribution in [0.1, 0.15) is 40.0 Å². The van der Waals surface area contributed by atoms with Crippen molar-refractivity contribution in [1.82, 2.24) is 0 Å². The summed E-state index contributed by atoms with van der Waals surface area (Å²) in [5.41, 5.74) is 0.491. The van der Waals surface area contributed by atoms with Gasteiger partial charge in [-0.3, -0.25) is 4.21 Å². The van der Waals surface area contributed by atoms with Crippen LogP contribution in [0.15, 0.2) is 23.8 Å². The third-order valence-electron chi connectivity index (χ3n) is 5.62. The highest BCUT2D eigenvalue weighted by Gasteiger charge is 2.62. The van der Waals surface area contributed by atoms with Gasteiger partial charge < -0.3 is 4.74 Å². The van der Waals surface area contributed by atoms with E-state index in [1.54, 1.807) is 19.4 Å². The van der Waals surface area contributed by atoms with Gasteiger partial charge in [-0.1, -0.05) is 27.4 Å². The van der Waals surface area contributed by atoms with Crippen molar-refractivity contribution in [2.75, 3.05) is 7.11 Å². The van der Waals surface area contributed by atoms with Crippen molar-refractivity contribution < 1.29 is 8.95 Å². The molecule has 2 rings (SSSR count). The molecule has 4 atom stereocenters. The number of hydrogen-bond donors (Lipinski definition) is 0. The summed E-state index contributed by atoms with van der Waals surface area (Å²) in [4.78, 5) is 0.687. The van der Waals surface area contributed by atoms with Crippen LogP contribution in [0.3, 0.4) is 0 Å². The molecule has 0 aliphatic heterocycles. The highest BCUT2D eigenvalue weighted by Crippen LogP contribution is 2.66. The molecule has 2 aliphatic carbocycles. The Kier molecular flexibility index (Phi) is 3.48. The zero-order valence-corrected chi connectivity index (χ0v) is 12.7. The second-order valence-electron chi connectivity index (χ2n) is 6.40. The highest BCUT2D eigenvalue weighted by atomic mass is 32.2. The van der Waals surface area contributed by atoms with Gasteiger partial charge >= 0.3 is 0 Å². The van der Waals surface area contributed by atoms with Gasteiger partial charge in [-0.15, -0.1) is 0 Å². The Morgan fingerprint density at radius 1 is 1.44 bits per heavy atom. The van der Waals surface area contributed by atoms with Crippen molar-refractivity contribution in [1.29, 1.82) is 0 Å². The average molecular weight is 268 g/mol. The maximum atomic E-state index is 12.6. The van der Waals surface area contributed by atoms with E-state index in [0.717, 1.165) is 12.3 Å². The maximum absolute atomic E-state index is 12.6. The zero-order valence-electron chi connectivity index (χ0n) is 11.9. The summed E-state index contributed by atoms with van der Waals surface area (Å²) in [6.07, 6.45) is 6.86. The van der Waals surface area contributed by atoms with Gasteiger partial charge in [0.1, 0.15) is 0 Å². The van der Waals surface area contributed by atoms with E-state index in [-0.39, 0.29) is 10.7 Å². The van der Waals surface area contributed by atoms with Crippen LogP contribution in [0.5, 0.6) is 0 Å². The lowest BCUT2D eigenvalue weighted by Crippen LogP contribution is -2.38. The van der Waals surface area contributed by atoms with E-state index >= 15 is 0 Å². The molecule has 2 saturated carbocycles. The van der Waals surface area contributed by atoms with Gasteiger partial charge in [0.2, 0.25) is 0 Å². The monoisotopic (exact) mass is 268 g/mol. The summed E-state index contributed by atoms with van der Waals surface area (Å²) in [7, 11) is 0.604. The maximum Gasteiger partial charge on any atom is 0.0836 e. The molecule has 18 heavy (non-hydrogen) atoms. The summed E-state index contributed by atoms with van der Waals surface area (Å²) in [6.45, 7) is 10.9. The SMILES string of the molecule is C=C(/C=C/OC)[S@](=O)[C@H]1C[C@@H]2CC[C@@]1(C)C2(C)C. The summed E-state index contributed by atoms with van der Waals surface area (Å²) >= 11 is 0. The fourth-order valence-electron chi connectivity index (χ4n) is 3.85. The molecule has 0 saturated heterocycles. The molecule has 2 bridgehead atoms. The van der Waals surface area contributed by atoms with Crippen molar-refractivity contribution in [3.63, 3.8) is 0 Å². The third-order valence-corrected chi connectivity index (χ3v) is 7.50. The van der Waals surface area contributed by atoms with E-state index in [0.29, 0.717) is 10.3 Å². The van der Waals surface area contributed by atoms with E-state index in [1.165, 1.54) is 12.8 Å². The van der Waals surface area contributed by atoms with Gasteiger partial charge in [0, 0.05) is 10.2 Å². The van der Waals surface area contributed by atoms with Crippen LogP contribution in [-0.2, 0) is 15.5 Å². The molecular formula is C15H24O2S. The minimum atomic E-state index is -0.988. The van der Waals surface area contributed by atoms with E-state index < -0.39 is 10.8 Å². The second kappa shape index (κ2) is 4.52. The van der Waals surface area contributed by atoms with Gasteiger partial charge in [-0.25, -0.2) is 0 Å². The number of ether oxygens (including phenoxy) is 1. The highest BCUT2D eigenvalue weighted by molar-refractivity contribution is 7.89. The van der Waals surface area contributed by atoms with Crippen LogP contribution in [0, 0.1) is 16.7 Å². The molecule has 2 nitrogen and oxygen atoms in total. The number of methoxy groups -OCH3 is 1. The fourth-order valence-corrected chi connectivity index (χ4v) is 5.70. The predicted molar refractivity (Wildman–Crippen MR) is 76.4 cm³/mol. The van der Waals surface area contributed by atoms with Gasteiger partial charge in [0.25, 0.3) is 0 Å². The summed E-state index contributed by atoms with van der Waals surface area (Å²) < 4.78 is 17.5. The molecule has 0 aromatic heterocycles. The lowest BCUT2D eigenvalue weighted by atomic mass is 9.71. The molecule has 0 amide bonds. The van der Waals surface area contributed by atoms with Crippen molar-refractivity contribution in [2.24, 2.45) is 16.7 Å². The minimum Gasteiger partial charge on any atom is -0.504 e. The second-order valence-corrected chi connectivity index (χ2v) is 8.09. The summed E-state index contributed by atoms with van der Waals surface area (Å²) in [6, 6.07) is 0. The van der Waals surface area contributed by atoms with Crippen LogP contribution in [0.4, 0.5) is 0 Å². The fraction of sp³-hybridized carbons (Fsp3) is 0.733. The first-order valence-electron chi connectivity index (χ1n) is 6.63. The van der Waals surface area contributed by atoms with E-state index in [1.807, 2.05) is 0 Å². The van der Waals surface area contributed by atoms with Crippen molar-refractivity contribution >= 4 is 10.8 Å². The van der Waals surface area contributed by atoms with Crippen LogP contribution in [-0.4, -0.2) is 16.6 Å². The standard InChI is InChI=1S/C15H24O2S/c1-11(7-9-17-5)18(16)13-10-12-6-8-15(13,4)14(12,2)3/h7,9,12-13H,1,6,8,10H2,2-5H3/b9-7+/t12-,13-,15+,18-/m0/s1. The normalized spacial score (nSPS) is 39.1. The Morgan fingerprint density at radius 2 is 2.11 bits per heavy atom. The Hall–Kier alpha value is -0.570. The van der Waals surface area contributed by atoms with E-state index in [4.69, 9.17) is 4.74 Å². The minimum absolute atomic E-state index is 0.187. The quantitative estimate of drug-likeness (QED) is 0.575. The number of rotatable bonds is 4. The molecule has 2 fully saturated rings. The number of allylic oxidation sites excluding steroid dienone is 1. The first-order chi connectivity index (χ1) is 8.34. The molecule has 0 unspecified atom stereocenters. The van der Waals surface area contributed by atoms with Crippen LogP contribution >= 0.6 is 0 Å². The van der Waals surface area contributed by atoms with Gasteiger partial charge in [0.05, 0.1) is 24.2 Å². The van der Waals surface area contributed by atoms with Crippen molar-refractivity contribution in [3.8, 4) is 0 Å². The third kappa shape index (κ3) is 1.78. The molecule has 0 aromatic carbocycles. The van der Waals surface area contributed by atoms with Gasteiger partial charge in [0.15, 0.2) is 0 Å². The Bertz CT molecular complexity index is 411. The van der Waals surface area contributed by atoms with Gasteiger partial charge in [-0.05, 0) is 42.1 Å². The molecule has 102 valence electrons. The molecule has 0 spiro atoms. The average Bonchev–Trinajstić information content (AvgIpc) is 2.67. The lowest BCUT2D eigenvalue weighted by molar-refractivity contribution is 0.155. The molecule has 0 N–H and O–H groups in total. The summed E-state index contributed by atoms with van der Waals surface area (Å²) in [5.74, 6) is 0.718. The summed E-state index contributed by atoms with van der Waals surface area (Å²) in [5, 5.41) is 0.250. The molecule has 0 heterocycles. The Labute approximate surface area is 113 Å². The molecule has 2 aliphatic rings. The van der Waals surface area contributed by atoms with Crippen LogP contribution in [0.25, 0.3) is 0 Å². The molecule has 0 radical (unpaired) electrons.